The summed E-state index contributed by atoms with van der Waals surface area (Å²) >= 11 is 0. The number of ether oxygens (including phenoxy) is 1. The van der Waals surface area contributed by atoms with E-state index in [4.69, 9.17) is 4.74 Å². The van der Waals surface area contributed by atoms with Crippen LogP contribution in [0.4, 0.5) is 15.8 Å². The number of nitrogens with zero attached hydrogens (tertiary/aromatic N) is 1. The highest BCUT2D eigenvalue weighted by Gasteiger charge is 2.70. The number of amides is 1. The molecule has 6 nitrogen and oxygen atoms in total. The summed E-state index contributed by atoms with van der Waals surface area (Å²) in [6.45, 7) is 1.42. The highest BCUT2D eigenvalue weighted by atomic mass is 19.1. The molecule has 0 aromatic heterocycles. The van der Waals surface area contributed by atoms with E-state index in [1.165, 1.54) is 25.1 Å². The van der Waals surface area contributed by atoms with Crippen LogP contribution in [0.5, 0.6) is 5.75 Å². The highest BCUT2D eigenvalue weighted by molar-refractivity contribution is 6.16. The lowest BCUT2D eigenvalue weighted by Crippen LogP contribution is -2.51. The third-order valence-electron chi connectivity index (χ3n) is 7.68. The number of halogens is 1. The summed E-state index contributed by atoms with van der Waals surface area (Å²) in [4.78, 5) is 43.4. The van der Waals surface area contributed by atoms with Gasteiger partial charge in [0.2, 0.25) is 5.91 Å². The Balaban J connectivity index is 1.66. The van der Waals surface area contributed by atoms with E-state index in [1.807, 2.05) is 41.3 Å². The van der Waals surface area contributed by atoms with Gasteiger partial charge in [0, 0.05) is 16.9 Å². The largest absolute Gasteiger partial charge is 0.497 e. The minimum Gasteiger partial charge on any atom is -0.497 e. The van der Waals surface area contributed by atoms with E-state index in [-0.39, 0.29) is 17.3 Å². The summed E-state index contributed by atoms with van der Waals surface area (Å²) in [5.74, 6) is -2.42. The lowest BCUT2D eigenvalue weighted by atomic mass is 9.64. The van der Waals surface area contributed by atoms with Crippen molar-refractivity contribution in [1.29, 1.82) is 0 Å². The third-order valence-corrected chi connectivity index (χ3v) is 7.68. The molecule has 6 rings (SSSR count). The number of carbonyl (C=O) groups is 3. The third kappa shape index (κ3) is 2.80. The number of methoxy groups -OCH3 is 1. The van der Waals surface area contributed by atoms with Crippen molar-refractivity contribution in [2.75, 3.05) is 17.3 Å². The van der Waals surface area contributed by atoms with Crippen molar-refractivity contribution in [2.45, 2.75) is 24.4 Å². The van der Waals surface area contributed by atoms with E-state index in [0.29, 0.717) is 22.7 Å². The van der Waals surface area contributed by atoms with E-state index < -0.39 is 35.0 Å². The highest BCUT2D eigenvalue weighted by Crippen LogP contribution is 2.58. The number of benzene rings is 3. The van der Waals surface area contributed by atoms with Crippen LogP contribution in [0.15, 0.2) is 72.8 Å². The lowest BCUT2D eigenvalue weighted by Gasteiger charge is -2.37. The summed E-state index contributed by atoms with van der Waals surface area (Å²) in [5, 5.41) is 2.94. The number of fused-ring (bicyclic) bond motifs is 6. The van der Waals surface area contributed by atoms with Gasteiger partial charge in [-0.2, -0.15) is 0 Å². The predicted octanol–water partition coefficient (Wildman–Crippen LogP) is 4.40. The van der Waals surface area contributed by atoms with Crippen LogP contribution in [-0.4, -0.2) is 36.7 Å². The summed E-state index contributed by atoms with van der Waals surface area (Å²) < 4.78 is 20.3. The monoisotopic (exact) mass is 482 g/mol. The smallest absolute Gasteiger partial charge is 0.238 e. The van der Waals surface area contributed by atoms with Gasteiger partial charge in [-0.15, -0.1) is 0 Å². The topological polar surface area (TPSA) is 75.7 Å². The first-order chi connectivity index (χ1) is 17.4. The molecule has 0 aliphatic carbocycles. The maximum absolute atomic E-state index is 14.9. The first-order valence-electron chi connectivity index (χ1n) is 11.7. The van der Waals surface area contributed by atoms with E-state index >= 15 is 0 Å². The summed E-state index contributed by atoms with van der Waals surface area (Å²) in [6.07, 6.45) is 3.76. The molecule has 3 heterocycles. The molecule has 1 fully saturated rings. The minimum atomic E-state index is -1.43. The first-order valence-corrected chi connectivity index (χ1v) is 11.7. The zero-order valence-corrected chi connectivity index (χ0v) is 19.7. The second-order valence-electron chi connectivity index (χ2n) is 9.38. The van der Waals surface area contributed by atoms with Crippen molar-refractivity contribution in [3.8, 4) is 5.75 Å². The van der Waals surface area contributed by atoms with Gasteiger partial charge in [-0.25, -0.2) is 4.39 Å². The van der Waals surface area contributed by atoms with Gasteiger partial charge in [0.1, 0.15) is 17.0 Å². The van der Waals surface area contributed by atoms with Gasteiger partial charge < -0.3 is 15.0 Å². The number of Topliss-reactive ketones (excluding diaryl/α,β-unsaturated/α-hetero) is 2. The molecular formula is C29H23FN2O4. The molecule has 3 aromatic rings. The second kappa shape index (κ2) is 7.88. The molecule has 4 atom stereocenters. The van der Waals surface area contributed by atoms with Gasteiger partial charge >= 0.3 is 0 Å². The first kappa shape index (κ1) is 22.2. The Bertz CT molecular complexity index is 1480. The van der Waals surface area contributed by atoms with Crippen molar-refractivity contribution >= 4 is 34.9 Å². The Morgan fingerprint density at radius 1 is 1.06 bits per heavy atom. The fourth-order valence-corrected chi connectivity index (χ4v) is 6.27. The molecule has 0 unspecified atom stereocenters. The molecule has 180 valence electrons. The van der Waals surface area contributed by atoms with Crippen molar-refractivity contribution in [3.63, 3.8) is 0 Å². The maximum Gasteiger partial charge on any atom is 0.238 e. The van der Waals surface area contributed by atoms with Crippen LogP contribution >= 0.6 is 0 Å². The van der Waals surface area contributed by atoms with Gasteiger partial charge in [-0.1, -0.05) is 42.5 Å². The lowest BCUT2D eigenvalue weighted by molar-refractivity contribution is -0.122. The zero-order valence-electron chi connectivity index (χ0n) is 19.7. The maximum atomic E-state index is 14.9. The average molecular weight is 483 g/mol. The summed E-state index contributed by atoms with van der Waals surface area (Å²) in [6, 6.07) is 16.8. The quantitative estimate of drug-likeness (QED) is 0.558. The molecule has 36 heavy (non-hydrogen) atoms. The predicted molar refractivity (Wildman–Crippen MR) is 134 cm³/mol. The molecule has 0 saturated carbocycles. The fraction of sp³-hybridized carbons (Fsp3) is 0.207. The summed E-state index contributed by atoms with van der Waals surface area (Å²) in [5.41, 5.74) is 1.17. The van der Waals surface area contributed by atoms with E-state index in [9.17, 15) is 18.8 Å². The normalized spacial score (nSPS) is 25.2. The molecule has 1 N–H and O–H groups in total. The Hall–Kier alpha value is -4.26. The molecule has 0 radical (unpaired) electrons. The van der Waals surface area contributed by atoms with Crippen molar-refractivity contribution in [1.82, 2.24) is 0 Å². The van der Waals surface area contributed by atoms with E-state index in [2.05, 4.69) is 5.32 Å². The molecule has 1 saturated heterocycles. The van der Waals surface area contributed by atoms with Gasteiger partial charge in [-0.05, 0) is 48.9 Å². The number of anilines is 2. The number of hydrogen-bond acceptors (Lipinski definition) is 5. The molecule has 3 aliphatic rings. The van der Waals surface area contributed by atoms with Crippen LogP contribution in [0.25, 0.3) is 6.08 Å². The van der Waals surface area contributed by atoms with Crippen LogP contribution in [0.3, 0.4) is 0 Å². The van der Waals surface area contributed by atoms with Gasteiger partial charge in [0.05, 0.1) is 30.7 Å². The molecular weight excluding hydrogens is 459 g/mol. The van der Waals surface area contributed by atoms with Crippen molar-refractivity contribution in [3.05, 3.63) is 95.3 Å². The number of rotatable bonds is 4. The Morgan fingerprint density at radius 3 is 2.56 bits per heavy atom. The number of hydrogen-bond donors (Lipinski definition) is 1. The Labute approximate surface area is 207 Å². The Morgan fingerprint density at radius 2 is 1.81 bits per heavy atom. The van der Waals surface area contributed by atoms with Gasteiger partial charge in [-0.3, -0.25) is 14.4 Å². The SMILES string of the molecule is COc1ccc2c(c1)C=C[C@H]1N2[C@H](C(C)=O)[C@H](C(=O)c2ccccc2F)[C@]12C(=O)Nc1ccccc12. The fourth-order valence-electron chi connectivity index (χ4n) is 6.27. The number of nitrogens with one attached hydrogen (secondary N) is 1. The van der Waals surface area contributed by atoms with Crippen LogP contribution in [0, 0.1) is 11.7 Å². The molecule has 7 heteroatoms. The van der Waals surface area contributed by atoms with E-state index in [0.717, 1.165) is 5.56 Å². The minimum absolute atomic E-state index is 0.135. The van der Waals surface area contributed by atoms with Crippen molar-refractivity contribution < 1.29 is 23.5 Å². The van der Waals surface area contributed by atoms with Crippen LogP contribution in [0.2, 0.25) is 0 Å². The second-order valence-corrected chi connectivity index (χ2v) is 9.38. The molecule has 3 aliphatic heterocycles. The number of para-hydroxylation sites is 1. The molecule has 1 spiro atoms. The summed E-state index contributed by atoms with van der Waals surface area (Å²) in [7, 11) is 1.57. The molecule has 3 aromatic carbocycles. The molecule has 0 bridgehead atoms. The Kier molecular flexibility index (Phi) is 4.86. The van der Waals surface area contributed by atoms with Crippen LogP contribution in [0.1, 0.15) is 28.4 Å². The van der Waals surface area contributed by atoms with Gasteiger partial charge in [0.25, 0.3) is 0 Å². The van der Waals surface area contributed by atoms with E-state index in [1.54, 1.807) is 31.4 Å². The molecule has 1 amide bonds. The zero-order chi connectivity index (χ0) is 25.2. The van der Waals surface area contributed by atoms with Crippen LogP contribution in [-0.2, 0) is 15.0 Å². The average Bonchev–Trinajstić information content (AvgIpc) is 3.36. The van der Waals surface area contributed by atoms with Gasteiger partial charge in [0.15, 0.2) is 11.6 Å². The number of carbonyl (C=O) groups excluding carboxylic acids is 3. The van der Waals surface area contributed by atoms with Crippen LogP contribution < -0.4 is 15.0 Å². The standard InChI is InChI=1S/C29H23FN2O4/c1-16(33)26-25(27(34)19-7-3-5-9-21(19)30)29(20-8-4-6-10-22(20)31-28(29)35)24-14-11-17-15-18(36-2)12-13-23(17)32(24)26/h3-15,24-26H,1-2H3,(H,31,35)/t24-,25-,26-,29-/m1/s1. The van der Waals surface area contributed by atoms with Crippen molar-refractivity contribution in [2.24, 2.45) is 5.92 Å². The number of ketones is 2.